The molecular formula is C7H2N6O. The molecule has 0 fully saturated rings. The summed E-state index contributed by atoms with van der Waals surface area (Å²) in [5.41, 5.74) is 0.598. The van der Waals surface area contributed by atoms with Gasteiger partial charge >= 0.3 is 0 Å². The molecule has 0 amide bonds. The summed E-state index contributed by atoms with van der Waals surface area (Å²) in [7, 11) is 0. The highest BCUT2D eigenvalue weighted by Crippen LogP contribution is 2.11. The first-order valence-electron chi connectivity index (χ1n) is 3.80. The van der Waals surface area contributed by atoms with Crippen LogP contribution in [0.3, 0.4) is 0 Å². The van der Waals surface area contributed by atoms with Crippen LogP contribution in [0.1, 0.15) is 0 Å². The third kappa shape index (κ3) is 0.777. The number of carbonyl (C=O) groups excluding carboxylic acids is 1. The predicted molar refractivity (Wildman–Crippen MR) is 44.2 cm³/mol. The van der Waals surface area contributed by atoms with Crippen molar-refractivity contribution in [3.05, 3.63) is 16.8 Å². The van der Waals surface area contributed by atoms with E-state index >= 15 is 0 Å². The van der Waals surface area contributed by atoms with Crippen LogP contribution < -0.4 is 10.6 Å². The van der Waals surface area contributed by atoms with Crippen molar-refractivity contribution in [3.8, 4) is 0 Å². The second-order valence-electron chi connectivity index (χ2n) is 2.73. The number of carbonyl (C=O) groups is 1. The van der Waals surface area contributed by atoms with Gasteiger partial charge in [0.05, 0.1) is 6.20 Å². The SMILES string of the molecule is O=C1C=c2cnnnc2=C2N=NN=C12. The van der Waals surface area contributed by atoms with Crippen LogP contribution in [-0.2, 0) is 4.79 Å². The second kappa shape index (κ2) is 2.34. The summed E-state index contributed by atoms with van der Waals surface area (Å²) >= 11 is 0. The molecular weight excluding hydrogens is 184 g/mol. The highest BCUT2D eigenvalue weighted by atomic mass is 16.1. The molecule has 0 radical (unpaired) electrons. The van der Waals surface area contributed by atoms with Crippen molar-refractivity contribution in [2.75, 3.05) is 0 Å². The molecule has 0 saturated heterocycles. The van der Waals surface area contributed by atoms with Crippen LogP contribution in [0.25, 0.3) is 11.8 Å². The normalized spacial score (nSPS) is 17.3. The maximum Gasteiger partial charge on any atom is 0.209 e. The van der Waals surface area contributed by atoms with Crippen LogP contribution in [0.5, 0.6) is 0 Å². The van der Waals surface area contributed by atoms with E-state index in [2.05, 4.69) is 30.8 Å². The maximum absolute atomic E-state index is 11.4. The van der Waals surface area contributed by atoms with Crippen LogP contribution in [0.4, 0.5) is 0 Å². The number of ketones is 1. The minimum absolute atomic E-state index is 0.220. The van der Waals surface area contributed by atoms with Crippen molar-refractivity contribution < 1.29 is 4.79 Å². The van der Waals surface area contributed by atoms with Crippen molar-refractivity contribution in [3.63, 3.8) is 0 Å². The van der Waals surface area contributed by atoms with E-state index in [4.69, 9.17) is 0 Å². The number of Topliss-reactive ketones (excluding diaryl/α,β-unsaturated/α-hetero) is 1. The molecule has 3 rings (SSSR count). The first-order valence-corrected chi connectivity index (χ1v) is 3.80. The van der Waals surface area contributed by atoms with E-state index < -0.39 is 0 Å². The van der Waals surface area contributed by atoms with Crippen LogP contribution in [0, 0.1) is 0 Å². The Kier molecular flexibility index (Phi) is 1.19. The largest absolute Gasteiger partial charge is 0.287 e. The van der Waals surface area contributed by atoms with E-state index in [1.165, 1.54) is 12.3 Å². The number of rotatable bonds is 0. The molecule has 0 saturated carbocycles. The molecule has 14 heavy (non-hydrogen) atoms. The monoisotopic (exact) mass is 186 g/mol. The average Bonchev–Trinajstić information content (AvgIpc) is 2.67. The molecule has 0 spiro atoms. The van der Waals surface area contributed by atoms with Crippen molar-refractivity contribution >= 4 is 23.3 Å². The Bertz CT molecular complexity index is 613. The molecule has 0 bridgehead atoms. The Hall–Kier alpha value is -2.31. The van der Waals surface area contributed by atoms with Crippen molar-refractivity contribution in [1.82, 2.24) is 15.4 Å². The van der Waals surface area contributed by atoms with Gasteiger partial charge in [0.15, 0.2) is 5.71 Å². The molecule has 2 aliphatic rings. The summed E-state index contributed by atoms with van der Waals surface area (Å²) in [5.74, 6) is -0.229. The molecule has 2 heterocycles. The third-order valence-electron chi connectivity index (χ3n) is 1.92. The highest BCUT2D eigenvalue weighted by Gasteiger charge is 2.24. The molecule has 1 aliphatic heterocycles. The summed E-state index contributed by atoms with van der Waals surface area (Å²) in [6.45, 7) is 0. The first kappa shape index (κ1) is 7.13. The Labute approximate surface area is 76.6 Å². The van der Waals surface area contributed by atoms with Crippen molar-refractivity contribution in [1.29, 1.82) is 0 Å². The first-order chi connectivity index (χ1) is 6.86. The Balaban J connectivity index is 2.57. The summed E-state index contributed by atoms with van der Waals surface area (Å²) in [5, 5.41) is 22.7. The molecule has 0 aromatic carbocycles. The molecule has 0 N–H and O–H groups in total. The molecule has 1 aromatic rings. The van der Waals surface area contributed by atoms with Crippen molar-refractivity contribution in [2.45, 2.75) is 0 Å². The van der Waals surface area contributed by atoms with Crippen molar-refractivity contribution in [2.24, 2.45) is 15.4 Å². The van der Waals surface area contributed by atoms with Crippen LogP contribution in [0.15, 0.2) is 21.6 Å². The molecule has 7 heteroatoms. The quantitative estimate of drug-likeness (QED) is 0.476. The molecule has 1 aromatic heterocycles. The molecule has 66 valence electrons. The number of hydrogen-bond acceptors (Lipinski definition) is 7. The summed E-state index contributed by atoms with van der Waals surface area (Å²) in [4.78, 5) is 11.4. The lowest BCUT2D eigenvalue weighted by Gasteiger charge is -1.99. The smallest absolute Gasteiger partial charge is 0.209 e. The van der Waals surface area contributed by atoms with E-state index in [9.17, 15) is 4.79 Å². The van der Waals surface area contributed by atoms with Gasteiger partial charge in [0.25, 0.3) is 0 Å². The Morgan fingerprint density at radius 1 is 1.29 bits per heavy atom. The van der Waals surface area contributed by atoms with Crippen LogP contribution >= 0.6 is 0 Å². The van der Waals surface area contributed by atoms with E-state index in [1.54, 1.807) is 0 Å². The number of hydrogen-bond donors (Lipinski definition) is 0. The van der Waals surface area contributed by atoms with E-state index in [0.29, 0.717) is 16.3 Å². The fourth-order valence-corrected chi connectivity index (χ4v) is 1.31. The Morgan fingerprint density at radius 3 is 3.14 bits per heavy atom. The third-order valence-corrected chi connectivity index (χ3v) is 1.92. The fourth-order valence-electron chi connectivity index (χ4n) is 1.31. The van der Waals surface area contributed by atoms with Crippen LogP contribution in [-0.4, -0.2) is 26.9 Å². The minimum atomic E-state index is -0.229. The van der Waals surface area contributed by atoms with Gasteiger partial charge in [0.1, 0.15) is 11.0 Å². The van der Waals surface area contributed by atoms with Gasteiger partial charge in [0, 0.05) is 5.22 Å². The fraction of sp³-hybridized carbons (Fsp3) is 0. The summed E-state index contributed by atoms with van der Waals surface area (Å²) in [6.07, 6.45) is 2.85. The maximum atomic E-state index is 11.4. The van der Waals surface area contributed by atoms with Gasteiger partial charge in [-0.15, -0.1) is 20.4 Å². The molecule has 0 unspecified atom stereocenters. The summed E-state index contributed by atoms with van der Waals surface area (Å²) in [6, 6.07) is 0. The lowest BCUT2D eigenvalue weighted by Crippen LogP contribution is -2.39. The van der Waals surface area contributed by atoms with Gasteiger partial charge < -0.3 is 0 Å². The zero-order valence-electron chi connectivity index (χ0n) is 6.75. The topological polar surface area (TPSA) is 92.8 Å². The number of fused-ring (bicyclic) bond motifs is 2. The standard InChI is InChI=1S/C7H2N6O/c14-4-1-3-2-8-12-9-5(3)7-6(4)10-13-11-7/h1-2H. The second-order valence-corrected chi connectivity index (χ2v) is 2.73. The number of nitrogens with zero attached hydrogens (tertiary/aromatic N) is 6. The zero-order valence-corrected chi connectivity index (χ0v) is 6.75. The van der Waals surface area contributed by atoms with E-state index in [1.807, 2.05) is 0 Å². The molecule has 1 aliphatic carbocycles. The minimum Gasteiger partial charge on any atom is -0.287 e. The van der Waals surface area contributed by atoms with Gasteiger partial charge in [0.2, 0.25) is 5.78 Å². The highest BCUT2D eigenvalue weighted by molar-refractivity contribution is 6.62. The van der Waals surface area contributed by atoms with Gasteiger partial charge in [-0.3, -0.25) is 4.79 Å². The average molecular weight is 186 g/mol. The van der Waals surface area contributed by atoms with Gasteiger partial charge in [-0.2, -0.15) is 0 Å². The molecule has 0 atom stereocenters. The zero-order chi connectivity index (χ0) is 9.54. The Morgan fingerprint density at radius 2 is 2.21 bits per heavy atom. The van der Waals surface area contributed by atoms with E-state index in [-0.39, 0.29) is 11.5 Å². The van der Waals surface area contributed by atoms with Crippen LogP contribution in [0.2, 0.25) is 0 Å². The number of aromatic nitrogens is 3. The predicted octanol–water partition coefficient (Wildman–Crippen LogP) is -1.84. The molecule has 7 nitrogen and oxygen atoms in total. The van der Waals surface area contributed by atoms with Gasteiger partial charge in [-0.25, -0.2) is 0 Å². The van der Waals surface area contributed by atoms with Gasteiger partial charge in [-0.05, 0) is 16.5 Å². The summed E-state index contributed by atoms with van der Waals surface area (Å²) < 4.78 is 0. The van der Waals surface area contributed by atoms with Gasteiger partial charge in [-0.1, -0.05) is 0 Å². The lowest BCUT2D eigenvalue weighted by molar-refractivity contribution is -0.107. The van der Waals surface area contributed by atoms with E-state index in [0.717, 1.165) is 0 Å². The lowest BCUT2D eigenvalue weighted by atomic mass is 10.1.